The van der Waals surface area contributed by atoms with Gasteiger partial charge >= 0.3 is 0 Å². The van der Waals surface area contributed by atoms with Crippen LogP contribution in [0.4, 0.5) is 0 Å². The summed E-state index contributed by atoms with van der Waals surface area (Å²) in [6, 6.07) is 5.58. The second-order valence-electron chi connectivity index (χ2n) is 5.44. The maximum absolute atomic E-state index is 10.3. The number of halogens is 2. The van der Waals surface area contributed by atoms with E-state index in [1.807, 2.05) is 18.2 Å². The van der Waals surface area contributed by atoms with E-state index in [4.69, 9.17) is 16.7 Å². The Morgan fingerprint density at radius 2 is 2.25 bits per heavy atom. The SMILES string of the molecule is OCCC1CCN(CCC(O)c2ccc(Br)cc2Cl)C1. The first-order chi connectivity index (χ1) is 9.60. The van der Waals surface area contributed by atoms with Gasteiger partial charge in [0.1, 0.15) is 0 Å². The monoisotopic (exact) mass is 361 g/mol. The third-order valence-corrected chi connectivity index (χ3v) is 4.77. The maximum atomic E-state index is 10.3. The first-order valence-corrected chi connectivity index (χ1v) is 8.23. The van der Waals surface area contributed by atoms with Crippen molar-refractivity contribution in [1.29, 1.82) is 0 Å². The zero-order valence-corrected chi connectivity index (χ0v) is 13.8. The van der Waals surface area contributed by atoms with Crippen molar-refractivity contribution in [1.82, 2.24) is 4.90 Å². The molecule has 1 fully saturated rings. The van der Waals surface area contributed by atoms with Crippen LogP contribution >= 0.6 is 27.5 Å². The van der Waals surface area contributed by atoms with Gasteiger partial charge in [0.15, 0.2) is 0 Å². The Kier molecular flexibility index (Phi) is 6.30. The van der Waals surface area contributed by atoms with Gasteiger partial charge in [-0.2, -0.15) is 0 Å². The lowest BCUT2D eigenvalue weighted by Crippen LogP contribution is -2.23. The van der Waals surface area contributed by atoms with Crippen molar-refractivity contribution >= 4 is 27.5 Å². The third kappa shape index (κ3) is 4.43. The fourth-order valence-corrected chi connectivity index (χ4v) is 3.57. The summed E-state index contributed by atoms with van der Waals surface area (Å²) in [5, 5.41) is 19.8. The Bertz CT molecular complexity index is 444. The summed E-state index contributed by atoms with van der Waals surface area (Å²) in [7, 11) is 0. The summed E-state index contributed by atoms with van der Waals surface area (Å²) in [6.45, 7) is 3.23. The van der Waals surface area contributed by atoms with Gasteiger partial charge in [-0.3, -0.25) is 0 Å². The van der Waals surface area contributed by atoms with Crippen LogP contribution in [0.2, 0.25) is 5.02 Å². The highest BCUT2D eigenvalue weighted by Crippen LogP contribution is 2.29. The number of benzene rings is 1. The molecule has 1 saturated heterocycles. The molecule has 1 aromatic carbocycles. The summed E-state index contributed by atoms with van der Waals surface area (Å²) in [4.78, 5) is 2.36. The lowest BCUT2D eigenvalue weighted by molar-refractivity contribution is 0.147. The average Bonchev–Trinajstić information content (AvgIpc) is 2.84. The predicted molar refractivity (Wildman–Crippen MR) is 85.0 cm³/mol. The summed E-state index contributed by atoms with van der Waals surface area (Å²) in [6.07, 6.45) is 2.20. The van der Waals surface area contributed by atoms with E-state index in [0.29, 0.717) is 17.4 Å². The van der Waals surface area contributed by atoms with E-state index >= 15 is 0 Å². The first kappa shape index (κ1) is 16.2. The van der Waals surface area contributed by atoms with Crippen LogP contribution in [0.3, 0.4) is 0 Å². The van der Waals surface area contributed by atoms with Gasteiger partial charge in [-0.1, -0.05) is 33.6 Å². The Balaban J connectivity index is 1.82. The molecule has 0 saturated carbocycles. The molecule has 2 unspecified atom stereocenters. The van der Waals surface area contributed by atoms with Gasteiger partial charge in [0.25, 0.3) is 0 Å². The van der Waals surface area contributed by atoms with Gasteiger partial charge in [-0.15, -0.1) is 0 Å². The molecule has 2 N–H and O–H groups in total. The Labute approximate surface area is 133 Å². The lowest BCUT2D eigenvalue weighted by Gasteiger charge is -2.19. The molecule has 1 aliphatic rings. The van der Waals surface area contributed by atoms with Gasteiger partial charge < -0.3 is 15.1 Å². The summed E-state index contributed by atoms with van der Waals surface area (Å²) in [5.41, 5.74) is 0.793. The molecule has 3 nitrogen and oxygen atoms in total. The number of hydrogen-bond acceptors (Lipinski definition) is 3. The quantitative estimate of drug-likeness (QED) is 0.816. The van der Waals surface area contributed by atoms with E-state index in [1.165, 1.54) is 0 Å². The smallest absolute Gasteiger partial charge is 0.0816 e. The largest absolute Gasteiger partial charge is 0.396 e. The van der Waals surface area contributed by atoms with Crippen molar-refractivity contribution < 1.29 is 10.2 Å². The molecule has 20 heavy (non-hydrogen) atoms. The topological polar surface area (TPSA) is 43.7 Å². The number of nitrogens with zero attached hydrogens (tertiary/aromatic N) is 1. The molecular formula is C15H21BrClNO2. The molecule has 0 aromatic heterocycles. The number of aliphatic hydroxyl groups is 2. The van der Waals surface area contributed by atoms with Crippen LogP contribution in [-0.4, -0.2) is 41.4 Å². The molecule has 2 rings (SSSR count). The van der Waals surface area contributed by atoms with Crippen LogP contribution in [0.5, 0.6) is 0 Å². The van der Waals surface area contributed by atoms with E-state index in [1.54, 1.807) is 0 Å². The van der Waals surface area contributed by atoms with Gasteiger partial charge in [0, 0.05) is 29.2 Å². The standard InChI is InChI=1S/C15H21BrClNO2/c16-12-1-2-13(14(17)9-12)15(20)4-7-18-6-3-11(10-18)5-8-19/h1-2,9,11,15,19-20H,3-8,10H2. The van der Waals surface area contributed by atoms with Crippen LogP contribution in [0.15, 0.2) is 22.7 Å². The summed E-state index contributed by atoms with van der Waals surface area (Å²) >= 11 is 9.52. The molecule has 1 heterocycles. The zero-order valence-electron chi connectivity index (χ0n) is 11.4. The van der Waals surface area contributed by atoms with Crippen LogP contribution in [0.1, 0.15) is 30.9 Å². The molecule has 1 aromatic rings. The highest BCUT2D eigenvalue weighted by molar-refractivity contribution is 9.10. The minimum Gasteiger partial charge on any atom is -0.396 e. The molecular weight excluding hydrogens is 342 g/mol. The normalized spacial score (nSPS) is 21.3. The minimum absolute atomic E-state index is 0.273. The molecule has 112 valence electrons. The number of aliphatic hydroxyl groups excluding tert-OH is 2. The van der Waals surface area contributed by atoms with E-state index in [0.717, 1.165) is 42.5 Å². The lowest BCUT2D eigenvalue weighted by atomic mass is 10.1. The molecule has 0 spiro atoms. The van der Waals surface area contributed by atoms with E-state index in [-0.39, 0.29) is 6.61 Å². The third-order valence-electron chi connectivity index (χ3n) is 3.95. The molecule has 0 aliphatic carbocycles. The number of likely N-dealkylation sites (tertiary alicyclic amines) is 1. The maximum Gasteiger partial charge on any atom is 0.0816 e. The highest BCUT2D eigenvalue weighted by Gasteiger charge is 2.22. The van der Waals surface area contributed by atoms with Gasteiger partial charge in [-0.25, -0.2) is 0 Å². The Hall–Kier alpha value is -0.130. The van der Waals surface area contributed by atoms with Crippen LogP contribution in [0.25, 0.3) is 0 Å². The van der Waals surface area contributed by atoms with E-state index in [9.17, 15) is 5.11 Å². The van der Waals surface area contributed by atoms with Crippen molar-refractivity contribution in [2.45, 2.75) is 25.4 Å². The highest BCUT2D eigenvalue weighted by atomic mass is 79.9. The van der Waals surface area contributed by atoms with E-state index < -0.39 is 6.10 Å². The molecule has 2 atom stereocenters. The fraction of sp³-hybridized carbons (Fsp3) is 0.600. The summed E-state index contributed by atoms with van der Waals surface area (Å²) in [5.74, 6) is 0.605. The Morgan fingerprint density at radius 3 is 2.95 bits per heavy atom. The number of hydrogen-bond donors (Lipinski definition) is 2. The number of rotatable bonds is 6. The van der Waals surface area contributed by atoms with Crippen LogP contribution in [-0.2, 0) is 0 Å². The van der Waals surface area contributed by atoms with Crippen molar-refractivity contribution in [3.05, 3.63) is 33.3 Å². The van der Waals surface area contributed by atoms with Crippen LogP contribution in [0, 0.1) is 5.92 Å². The first-order valence-electron chi connectivity index (χ1n) is 7.06. The molecule has 0 amide bonds. The fourth-order valence-electron chi connectivity index (χ4n) is 2.77. The van der Waals surface area contributed by atoms with Crippen molar-refractivity contribution in [3.8, 4) is 0 Å². The van der Waals surface area contributed by atoms with Gasteiger partial charge in [0.05, 0.1) is 6.10 Å². The Morgan fingerprint density at radius 1 is 1.45 bits per heavy atom. The van der Waals surface area contributed by atoms with E-state index in [2.05, 4.69) is 20.8 Å². The average molecular weight is 363 g/mol. The van der Waals surface area contributed by atoms with Crippen molar-refractivity contribution in [2.24, 2.45) is 5.92 Å². The molecule has 1 aliphatic heterocycles. The molecule has 0 radical (unpaired) electrons. The molecule has 5 heteroatoms. The van der Waals surface area contributed by atoms with Gasteiger partial charge in [-0.05, 0) is 49.4 Å². The van der Waals surface area contributed by atoms with Crippen molar-refractivity contribution in [3.63, 3.8) is 0 Å². The summed E-state index contributed by atoms with van der Waals surface area (Å²) < 4.78 is 0.921. The van der Waals surface area contributed by atoms with Crippen LogP contribution < -0.4 is 0 Å². The predicted octanol–water partition coefficient (Wildman–Crippen LogP) is 3.23. The minimum atomic E-state index is -0.521. The van der Waals surface area contributed by atoms with Gasteiger partial charge in [0.2, 0.25) is 0 Å². The second-order valence-corrected chi connectivity index (χ2v) is 6.76. The zero-order chi connectivity index (χ0) is 14.5. The molecule has 0 bridgehead atoms. The second kappa shape index (κ2) is 7.76. The van der Waals surface area contributed by atoms with Crippen molar-refractivity contribution in [2.75, 3.05) is 26.2 Å².